The van der Waals surface area contributed by atoms with Gasteiger partial charge in [0.1, 0.15) is 5.75 Å². The molecule has 0 unspecified atom stereocenters. The van der Waals surface area contributed by atoms with E-state index in [-0.39, 0.29) is 28.3 Å². The van der Waals surface area contributed by atoms with Crippen LogP contribution in [0.15, 0.2) is 114 Å². The molecule has 0 aromatic heterocycles. The topological polar surface area (TPSA) is 140 Å². The van der Waals surface area contributed by atoms with Gasteiger partial charge in [0.15, 0.2) is 0 Å². The van der Waals surface area contributed by atoms with Gasteiger partial charge in [0.25, 0.3) is 17.5 Å². The van der Waals surface area contributed by atoms with Crippen LogP contribution in [0.2, 0.25) is 0 Å². The number of hydrogen-bond donors (Lipinski definition) is 2. The van der Waals surface area contributed by atoms with Crippen LogP contribution < -0.4 is 15.5 Å². The molecule has 0 saturated carbocycles. The number of rotatable bonds is 9. The summed E-state index contributed by atoms with van der Waals surface area (Å²) in [5.74, 6) is -1.47. The van der Waals surface area contributed by atoms with Crippen molar-refractivity contribution in [1.29, 1.82) is 0 Å². The van der Waals surface area contributed by atoms with Crippen molar-refractivity contribution in [2.24, 2.45) is 5.10 Å². The molecule has 0 radical (unpaired) electrons. The number of anilines is 1. The Kier molecular flexibility index (Phi) is 8.86. The monoisotopic (exact) mass is 534 g/mol. The first kappa shape index (κ1) is 27.1. The minimum atomic E-state index is -0.601. The summed E-state index contributed by atoms with van der Waals surface area (Å²) in [7, 11) is 0. The van der Waals surface area contributed by atoms with E-state index in [0.717, 1.165) is 5.56 Å². The molecular formula is C30H22N4O6. The molecule has 0 spiro atoms. The quantitative estimate of drug-likeness (QED) is 0.0753. The van der Waals surface area contributed by atoms with Crippen molar-refractivity contribution in [1.82, 2.24) is 5.43 Å². The van der Waals surface area contributed by atoms with Gasteiger partial charge in [-0.25, -0.2) is 10.2 Å². The van der Waals surface area contributed by atoms with Crippen LogP contribution in [0.3, 0.4) is 0 Å². The number of nitrogens with zero attached hydrogens (tertiary/aromatic N) is 2. The van der Waals surface area contributed by atoms with E-state index in [1.807, 2.05) is 30.3 Å². The summed E-state index contributed by atoms with van der Waals surface area (Å²) in [5.41, 5.74) is 4.09. The average Bonchev–Trinajstić information content (AvgIpc) is 2.97. The van der Waals surface area contributed by atoms with Gasteiger partial charge in [-0.3, -0.25) is 19.7 Å². The summed E-state index contributed by atoms with van der Waals surface area (Å²) in [6, 6.07) is 27.4. The van der Waals surface area contributed by atoms with E-state index in [4.69, 9.17) is 4.74 Å². The molecule has 0 saturated heterocycles. The van der Waals surface area contributed by atoms with Gasteiger partial charge in [0, 0.05) is 29.3 Å². The predicted molar refractivity (Wildman–Crippen MR) is 150 cm³/mol. The fourth-order valence-corrected chi connectivity index (χ4v) is 3.49. The molecule has 4 rings (SSSR count). The summed E-state index contributed by atoms with van der Waals surface area (Å²) in [5, 5.41) is 17.4. The molecule has 10 heteroatoms. The minimum absolute atomic E-state index is 0.140. The lowest BCUT2D eigenvalue weighted by atomic mass is 10.1. The van der Waals surface area contributed by atoms with Crippen molar-refractivity contribution in [3.63, 3.8) is 0 Å². The van der Waals surface area contributed by atoms with Gasteiger partial charge in [-0.2, -0.15) is 5.10 Å². The number of nitro groups is 1. The van der Waals surface area contributed by atoms with Gasteiger partial charge in [-0.05, 0) is 48.0 Å². The smallest absolute Gasteiger partial charge is 0.336 e. The first-order valence-electron chi connectivity index (χ1n) is 11.9. The standard InChI is InChI=1S/C30H22N4O6/c35-28(19-14-21-8-2-1-3-9-21)40-27-13-7-4-10-23(27)20-31-33-30(37)25-11-5-6-12-26(25)32-29(36)22-15-17-24(18-16-22)34(38)39/h1-20H,(H,32,36)(H,33,37)/b19-14+,31-20-. The number of esters is 1. The highest BCUT2D eigenvalue weighted by Gasteiger charge is 2.15. The lowest BCUT2D eigenvalue weighted by Crippen LogP contribution is -2.21. The van der Waals surface area contributed by atoms with E-state index in [1.165, 1.54) is 42.6 Å². The van der Waals surface area contributed by atoms with Gasteiger partial charge < -0.3 is 10.1 Å². The van der Waals surface area contributed by atoms with Crippen LogP contribution >= 0.6 is 0 Å². The molecule has 0 fully saturated rings. The second-order valence-corrected chi connectivity index (χ2v) is 8.21. The third-order valence-electron chi connectivity index (χ3n) is 5.47. The largest absolute Gasteiger partial charge is 0.423 e. The molecule has 198 valence electrons. The Bertz CT molecular complexity index is 1600. The van der Waals surface area contributed by atoms with Crippen LogP contribution in [-0.4, -0.2) is 28.9 Å². The second-order valence-electron chi connectivity index (χ2n) is 8.21. The van der Waals surface area contributed by atoms with E-state index in [0.29, 0.717) is 5.56 Å². The maximum absolute atomic E-state index is 12.8. The number of carbonyl (C=O) groups excluding carboxylic acids is 3. The van der Waals surface area contributed by atoms with Crippen molar-refractivity contribution >= 4 is 41.4 Å². The summed E-state index contributed by atoms with van der Waals surface area (Å²) < 4.78 is 5.42. The zero-order valence-electron chi connectivity index (χ0n) is 20.9. The van der Waals surface area contributed by atoms with Crippen molar-refractivity contribution in [3.05, 3.63) is 142 Å². The van der Waals surface area contributed by atoms with E-state index in [2.05, 4.69) is 15.8 Å². The van der Waals surface area contributed by atoms with Gasteiger partial charge in [-0.1, -0.05) is 54.6 Å². The fraction of sp³-hybridized carbons (Fsp3) is 0. The van der Waals surface area contributed by atoms with Crippen LogP contribution in [0.1, 0.15) is 31.8 Å². The number of benzene rings is 4. The van der Waals surface area contributed by atoms with Crippen LogP contribution in [-0.2, 0) is 4.79 Å². The van der Waals surface area contributed by atoms with E-state index in [9.17, 15) is 24.5 Å². The molecule has 0 atom stereocenters. The van der Waals surface area contributed by atoms with Crippen molar-refractivity contribution in [3.8, 4) is 5.75 Å². The Balaban J connectivity index is 1.40. The number of ether oxygens (including phenoxy) is 1. The highest BCUT2D eigenvalue weighted by Crippen LogP contribution is 2.19. The number of nitrogens with one attached hydrogen (secondary N) is 2. The van der Waals surface area contributed by atoms with Gasteiger partial charge in [0.2, 0.25) is 0 Å². The summed E-state index contributed by atoms with van der Waals surface area (Å²) in [4.78, 5) is 48.0. The molecule has 40 heavy (non-hydrogen) atoms. The fourth-order valence-electron chi connectivity index (χ4n) is 3.49. The van der Waals surface area contributed by atoms with Crippen molar-refractivity contribution in [2.45, 2.75) is 0 Å². The lowest BCUT2D eigenvalue weighted by molar-refractivity contribution is -0.384. The first-order valence-corrected chi connectivity index (χ1v) is 11.9. The van der Waals surface area contributed by atoms with Gasteiger partial charge in [-0.15, -0.1) is 0 Å². The summed E-state index contributed by atoms with van der Waals surface area (Å²) in [6.07, 6.45) is 4.28. The Morgan fingerprint density at radius 3 is 2.23 bits per heavy atom. The Labute approximate surface area is 228 Å². The van der Waals surface area contributed by atoms with Crippen LogP contribution in [0.5, 0.6) is 5.75 Å². The molecule has 10 nitrogen and oxygen atoms in total. The number of amides is 2. The molecule has 0 aliphatic heterocycles. The molecule has 0 bridgehead atoms. The Morgan fingerprint density at radius 2 is 1.48 bits per heavy atom. The van der Waals surface area contributed by atoms with Crippen LogP contribution in [0.4, 0.5) is 11.4 Å². The summed E-state index contributed by atoms with van der Waals surface area (Å²) >= 11 is 0. The second kappa shape index (κ2) is 13.1. The third-order valence-corrected chi connectivity index (χ3v) is 5.47. The van der Waals surface area contributed by atoms with E-state index >= 15 is 0 Å². The van der Waals surface area contributed by atoms with E-state index in [1.54, 1.807) is 48.5 Å². The first-order chi connectivity index (χ1) is 19.4. The molecule has 2 amide bonds. The molecule has 4 aromatic rings. The average molecular weight is 535 g/mol. The molecule has 0 aliphatic carbocycles. The maximum Gasteiger partial charge on any atom is 0.336 e. The number of nitro benzene ring substituents is 1. The highest BCUT2D eigenvalue weighted by molar-refractivity contribution is 6.09. The number of hydrogen-bond acceptors (Lipinski definition) is 7. The predicted octanol–water partition coefficient (Wildman–Crippen LogP) is 5.23. The van der Waals surface area contributed by atoms with Gasteiger partial charge in [0.05, 0.1) is 22.4 Å². The number of hydrazone groups is 1. The van der Waals surface area contributed by atoms with Crippen LogP contribution in [0, 0.1) is 10.1 Å². The zero-order chi connectivity index (χ0) is 28.3. The van der Waals surface area contributed by atoms with Crippen molar-refractivity contribution < 1.29 is 24.0 Å². The minimum Gasteiger partial charge on any atom is -0.423 e. The van der Waals surface area contributed by atoms with E-state index < -0.39 is 22.7 Å². The molecule has 0 heterocycles. The Hall–Kier alpha value is -5.90. The third kappa shape index (κ3) is 7.33. The number of non-ortho nitro benzene ring substituents is 1. The Morgan fingerprint density at radius 1 is 0.800 bits per heavy atom. The normalized spacial score (nSPS) is 10.8. The molecular weight excluding hydrogens is 512 g/mol. The molecule has 2 N–H and O–H groups in total. The zero-order valence-corrected chi connectivity index (χ0v) is 20.9. The van der Waals surface area contributed by atoms with Gasteiger partial charge >= 0.3 is 5.97 Å². The summed E-state index contributed by atoms with van der Waals surface area (Å²) in [6.45, 7) is 0. The van der Waals surface area contributed by atoms with Crippen molar-refractivity contribution in [2.75, 3.05) is 5.32 Å². The highest BCUT2D eigenvalue weighted by atomic mass is 16.6. The maximum atomic E-state index is 12.8. The van der Waals surface area contributed by atoms with Crippen LogP contribution in [0.25, 0.3) is 6.08 Å². The molecule has 4 aromatic carbocycles. The number of carbonyl (C=O) groups is 3. The number of para-hydroxylation sites is 2. The SMILES string of the molecule is O=C(/C=C/c1ccccc1)Oc1ccccc1/C=N\NC(=O)c1ccccc1NC(=O)c1ccc([N+](=O)[O-])cc1. The lowest BCUT2D eigenvalue weighted by Gasteiger charge is -2.10. The molecule has 0 aliphatic rings.